The van der Waals surface area contributed by atoms with E-state index in [9.17, 15) is 18.0 Å². The first-order chi connectivity index (χ1) is 14.3. The van der Waals surface area contributed by atoms with Crippen molar-refractivity contribution in [2.75, 3.05) is 19.3 Å². The number of rotatable bonds is 7. The summed E-state index contributed by atoms with van der Waals surface area (Å²) in [5.41, 5.74) is 3.71. The van der Waals surface area contributed by atoms with Crippen LogP contribution in [-0.2, 0) is 27.8 Å². The maximum atomic E-state index is 12.7. The van der Waals surface area contributed by atoms with Gasteiger partial charge in [0, 0.05) is 19.2 Å². The summed E-state index contributed by atoms with van der Waals surface area (Å²) in [6.07, 6.45) is 7.17. The lowest BCUT2D eigenvalue weighted by Gasteiger charge is -2.31. The molecule has 1 aliphatic heterocycles. The van der Waals surface area contributed by atoms with Crippen molar-refractivity contribution in [1.82, 2.24) is 15.2 Å². The van der Waals surface area contributed by atoms with Crippen LogP contribution in [0.4, 0.5) is 0 Å². The predicted octanol–water partition coefficient (Wildman–Crippen LogP) is 0.649. The second-order valence-corrected chi connectivity index (χ2v) is 9.36. The van der Waals surface area contributed by atoms with Crippen LogP contribution in [-0.4, -0.2) is 44.5 Å². The maximum Gasteiger partial charge on any atom is 0.288 e. The summed E-state index contributed by atoms with van der Waals surface area (Å²) in [7, 11) is -3.54. The standard InChI is InChI=1S/C21H26N4O4S/c1-30(28,29)23-22-21(27)19-8-5-11-24(15-19)16-20(26)25-12-9-18(10-13-25)14-17-6-3-2-4-7-17/h2-8,11,15,18,23H,9-10,12-14,16H2,1H3/p+1. The third-order valence-electron chi connectivity index (χ3n) is 5.12. The van der Waals surface area contributed by atoms with Crippen LogP contribution in [0.1, 0.15) is 28.8 Å². The Hall–Kier alpha value is -2.78. The molecular weight excluding hydrogens is 404 g/mol. The van der Waals surface area contributed by atoms with Crippen molar-refractivity contribution >= 4 is 21.8 Å². The fourth-order valence-electron chi connectivity index (χ4n) is 3.56. The summed E-state index contributed by atoms with van der Waals surface area (Å²) < 4.78 is 23.8. The zero-order chi connectivity index (χ0) is 21.6. The van der Waals surface area contributed by atoms with Gasteiger partial charge in [-0.2, -0.15) is 4.57 Å². The Balaban J connectivity index is 1.51. The number of likely N-dealkylation sites (tertiary alicyclic amines) is 1. The molecule has 0 aliphatic carbocycles. The van der Waals surface area contributed by atoms with Crippen molar-refractivity contribution in [3.05, 3.63) is 66.0 Å². The number of hydrogen-bond acceptors (Lipinski definition) is 4. The molecule has 160 valence electrons. The monoisotopic (exact) mass is 431 g/mol. The quantitative estimate of drug-likeness (QED) is 0.497. The molecule has 9 heteroatoms. The molecule has 0 spiro atoms. The van der Waals surface area contributed by atoms with E-state index in [1.165, 1.54) is 11.8 Å². The van der Waals surface area contributed by atoms with E-state index in [0.717, 1.165) is 38.6 Å². The van der Waals surface area contributed by atoms with Crippen LogP contribution in [0.25, 0.3) is 0 Å². The number of pyridine rings is 1. The van der Waals surface area contributed by atoms with E-state index in [1.807, 2.05) is 15.8 Å². The number of nitrogens with zero attached hydrogens (tertiary/aromatic N) is 2. The second-order valence-electron chi connectivity index (χ2n) is 7.61. The Morgan fingerprint density at radius 2 is 1.80 bits per heavy atom. The number of hydrazine groups is 1. The van der Waals surface area contributed by atoms with Crippen LogP contribution in [0.3, 0.4) is 0 Å². The summed E-state index contributed by atoms with van der Waals surface area (Å²) in [4.78, 5) is 28.6. The van der Waals surface area contributed by atoms with Crippen LogP contribution in [0.2, 0.25) is 0 Å². The zero-order valence-electron chi connectivity index (χ0n) is 17.0. The summed E-state index contributed by atoms with van der Waals surface area (Å²) in [5, 5.41) is 0. The SMILES string of the molecule is CS(=O)(=O)NNC(=O)c1ccc[n+](CC(=O)N2CCC(Cc3ccccc3)CC2)c1. The lowest BCUT2D eigenvalue weighted by atomic mass is 9.90. The third-order valence-corrected chi connectivity index (χ3v) is 5.60. The Kier molecular flexibility index (Phi) is 7.17. The molecule has 2 heterocycles. The van der Waals surface area contributed by atoms with Gasteiger partial charge >= 0.3 is 0 Å². The van der Waals surface area contributed by atoms with E-state index in [1.54, 1.807) is 22.9 Å². The van der Waals surface area contributed by atoms with Crippen molar-refractivity contribution < 1.29 is 22.6 Å². The number of benzene rings is 1. The third kappa shape index (κ3) is 6.64. The van der Waals surface area contributed by atoms with Gasteiger partial charge in [-0.15, -0.1) is 4.83 Å². The van der Waals surface area contributed by atoms with E-state index in [2.05, 4.69) is 29.7 Å². The minimum absolute atomic E-state index is 0.00461. The lowest BCUT2D eigenvalue weighted by Crippen LogP contribution is -2.48. The summed E-state index contributed by atoms with van der Waals surface area (Å²) in [6.45, 7) is 1.59. The van der Waals surface area contributed by atoms with Gasteiger partial charge in [-0.3, -0.25) is 15.0 Å². The molecule has 1 aromatic heterocycles. The number of carbonyl (C=O) groups excluding carboxylic acids is 2. The highest BCUT2D eigenvalue weighted by atomic mass is 32.2. The molecule has 0 radical (unpaired) electrons. The Labute approximate surface area is 176 Å². The van der Waals surface area contributed by atoms with E-state index in [-0.39, 0.29) is 18.0 Å². The predicted molar refractivity (Wildman–Crippen MR) is 112 cm³/mol. The highest BCUT2D eigenvalue weighted by Crippen LogP contribution is 2.21. The molecule has 0 bridgehead atoms. The minimum Gasteiger partial charge on any atom is -0.337 e. The molecule has 0 unspecified atom stereocenters. The number of aromatic nitrogens is 1. The number of nitrogens with one attached hydrogen (secondary N) is 2. The minimum atomic E-state index is -3.54. The summed E-state index contributed by atoms with van der Waals surface area (Å²) in [5.74, 6) is -0.00704. The molecule has 2 amide bonds. The first-order valence-electron chi connectivity index (χ1n) is 9.88. The lowest BCUT2D eigenvalue weighted by molar-refractivity contribution is -0.685. The van der Waals surface area contributed by atoms with Crippen molar-refractivity contribution in [3.8, 4) is 0 Å². The average molecular weight is 432 g/mol. The highest BCUT2D eigenvalue weighted by Gasteiger charge is 2.25. The van der Waals surface area contributed by atoms with Gasteiger partial charge in [0.15, 0.2) is 12.4 Å². The Bertz CT molecular complexity index is 987. The number of carbonyl (C=O) groups is 2. The molecule has 1 saturated heterocycles. The summed E-state index contributed by atoms with van der Waals surface area (Å²) >= 11 is 0. The van der Waals surface area contributed by atoms with E-state index in [0.29, 0.717) is 5.92 Å². The van der Waals surface area contributed by atoms with Crippen molar-refractivity contribution in [3.63, 3.8) is 0 Å². The normalized spacial score (nSPS) is 15.0. The number of piperidine rings is 1. The molecule has 3 rings (SSSR count). The number of amides is 2. The van der Waals surface area contributed by atoms with Crippen molar-refractivity contribution in [1.29, 1.82) is 0 Å². The van der Waals surface area contributed by atoms with Crippen LogP contribution in [0.15, 0.2) is 54.9 Å². The van der Waals surface area contributed by atoms with Gasteiger partial charge in [-0.05, 0) is 36.8 Å². The van der Waals surface area contributed by atoms with Crippen molar-refractivity contribution in [2.45, 2.75) is 25.8 Å². The molecule has 1 fully saturated rings. The van der Waals surface area contributed by atoms with Gasteiger partial charge in [0.2, 0.25) is 16.6 Å². The molecule has 0 saturated carbocycles. The Morgan fingerprint density at radius 3 is 2.47 bits per heavy atom. The van der Waals surface area contributed by atoms with E-state index < -0.39 is 15.9 Å². The fourth-order valence-corrected chi connectivity index (χ4v) is 3.83. The van der Waals surface area contributed by atoms with E-state index in [4.69, 9.17) is 0 Å². The molecule has 0 atom stereocenters. The zero-order valence-corrected chi connectivity index (χ0v) is 17.8. The molecule has 30 heavy (non-hydrogen) atoms. The van der Waals surface area contributed by atoms with Crippen molar-refractivity contribution in [2.24, 2.45) is 5.92 Å². The van der Waals surface area contributed by atoms with Gasteiger partial charge in [0.25, 0.3) is 11.8 Å². The summed E-state index contributed by atoms with van der Waals surface area (Å²) in [6, 6.07) is 13.6. The smallest absolute Gasteiger partial charge is 0.288 e. The molecule has 1 aliphatic rings. The Morgan fingerprint density at radius 1 is 1.10 bits per heavy atom. The topological polar surface area (TPSA) is 99.5 Å². The molecular formula is C21H27N4O4S+. The maximum absolute atomic E-state index is 12.7. The second kappa shape index (κ2) is 9.82. The van der Waals surface area contributed by atoms with Gasteiger partial charge in [0.1, 0.15) is 5.56 Å². The van der Waals surface area contributed by atoms with Crippen LogP contribution < -0.4 is 14.8 Å². The van der Waals surface area contributed by atoms with Gasteiger partial charge in [0.05, 0.1) is 6.26 Å². The van der Waals surface area contributed by atoms with Gasteiger partial charge in [-0.1, -0.05) is 30.3 Å². The largest absolute Gasteiger partial charge is 0.337 e. The fraction of sp³-hybridized carbons (Fsp3) is 0.381. The average Bonchev–Trinajstić information content (AvgIpc) is 2.73. The molecule has 1 aromatic carbocycles. The first-order valence-corrected chi connectivity index (χ1v) is 11.8. The molecule has 8 nitrogen and oxygen atoms in total. The van der Waals surface area contributed by atoms with E-state index >= 15 is 0 Å². The van der Waals surface area contributed by atoms with Gasteiger partial charge < -0.3 is 4.90 Å². The van der Waals surface area contributed by atoms with Crippen LogP contribution in [0.5, 0.6) is 0 Å². The molecule has 2 aromatic rings. The molecule has 2 N–H and O–H groups in total. The number of hydrogen-bond donors (Lipinski definition) is 2. The highest BCUT2D eigenvalue weighted by molar-refractivity contribution is 7.88. The van der Waals surface area contributed by atoms with Gasteiger partial charge in [-0.25, -0.2) is 8.42 Å². The van der Waals surface area contributed by atoms with Crippen LogP contribution >= 0.6 is 0 Å². The first kappa shape index (κ1) is 21.9. The van der Waals surface area contributed by atoms with Crippen LogP contribution in [0, 0.1) is 5.92 Å². The number of sulfonamides is 1.